The van der Waals surface area contributed by atoms with Gasteiger partial charge in [0, 0.05) is 0 Å². The minimum Gasteiger partial charge on any atom is -0.103 e. The van der Waals surface area contributed by atoms with Crippen LogP contribution in [0.2, 0.25) is 0 Å². The molecule has 0 aliphatic heterocycles. The molecule has 0 aromatic heterocycles. The lowest BCUT2D eigenvalue weighted by molar-refractivity contribution is 1.23. The molecule has 0 aromatic carbocycles. The van der Waals surface area contributed by atoms with Gasteiger partial charge in [0.15, 0.2) is 0 Å². The van der Waals surface area contributed by atoms with Gasteiger partial charge in [0.05, 0.1) is 0 Å². The van der Waals surface area contributed by atoms with Crippen LogP contribution in [0.1, 0.15) is 27.2 Å². The fourth-order valence-electron chi connectivity index (χ4n) is 0. The van der Waals surface area contributed by atoms with Crippen LogP contribution in [-0.4, -0.2) is 0 Å². The Morgan fingerprint density at radius 1 is 1.50 bits per heavy atom. The summed E-state index contributed by atoms with van der Waals surface area (Å²) >= 11 is 0. The highest BCUT2D eigenvalue weighted by Gasteiger charge is 1.51. The van der Waals surface area contributed by atoms with Crippen molar-refractivity contribution in [2.45, 2.75) is 27.2 Å². The molecule has 0 saturated heterocycles. The van der Waals surface area contributed by atoms with Crippen LogP contribution in [0.15, 0.2) is 24.8 Å². The van der Waals surface area contributed by atoms with Crippen LogP contribution in [0, 0.1) is 0 Å². The SMILES string of the molecule is C=C(C)C.C=CCC. The van der Waals surface area contributed by atoms with Gasteiger partial charge in [0.25, 0.3) is 0 Å². The molecule has 8 heavy (non-hydrogen) atoms. The summed E-state index contributed by atoms with van der Waals surface area (Å²) in [6.07, 6.45) is 2.96. The molecule has 0 nitrogen and oxygen atoms in total. The summed E-state index contributed by atoms with van der Waals surface area (Å²) in [7, 11) is 0. The molecule has 0 aliphatic carbocycles. The van der Waals surface area contributed by atoms with Gasteiger partial charge in [-0.1, -0.05) is 18.6 Å². The molecule has 0 N–H and O–H groups in total. The normalized spacial score (nSPS) is 6.38. The lowest BCUT2D eigenvalue weighted by Gasteiger charge is -1.65. The van der Waals surface area contributed by atoms with Crippen molar-refractivity contribution in [1.29, 1.82) is 0 Å². The second-order valence-electron chi connectivity index (χ2n) is 1.90. The monoisotopic (exact) mass is 112 g/mol. The van der Waals surface area contributed by atoms with Crippen LogP contribution in [-0.2, 0) is 0 Å². The Labute approximate surface area is 52.9 Å². The molecule has 0 rings (SSSR count). The standard InChI is InChI=1S/2C4H8/c1-4(2)3;1-3-4-2/h1H2,2-3H3;3H,1,4H2,2H3. The van der Waals surface area contributed by atoms with Gasteiger partial charge in [0.2, 0.25) is 0 Å². The molecule has 0 radical (unpaired) electrons. The minimum atomic E-state index is 1.08. The fraction of sp³-hybridized carbons (Fsp3) is 0.500. The van der Waals surface area contributed by atoms with E-state index in [1.807, 2.05) is 19.9 Å². The molecular weight excluding hydrogens is 96.1 g/mol. The highest BCUT2D eigenvalue weighted by atomic mass is 13.6. The first-order valence-electron chi connectivity index (χ1n) is 2.88. The minimum absolute atomic E-state index is 1.08. The first-order valence-corrected chi connectivity index (χ1v) is 2.88. The summed E-state index contributed by atoms with van der Waals surface area (Å²) in [5.41, 5.74) is 1.17. The second-order valence-corrected chi connectivity index (χ2v) is 1.90. The molecule has 0 bridgehead atoms. The molecule has 0 spiro atoms. The first-order chi connectivity index (χ1) is 3.65. The van der Waals surface area contributed by atoms with E-state index < -0.39 is 0 Å². The maximum atomic E-state index is 3.56. The quantitative estimate of drug-likeness (QED) is 0.457. The van der Waals surface area contributed by atoms with Crippen molar-refractivity contribution in [2.75, 3.05) is 0 Å². The highest BCUT2D eigenvalue weighted by Crippen LogP contribution is 1.73. The molecular formula is C8H16. The van der Waals surface area contributed by atoms with Crippen molar-refractivity contribution in [2.24, 2.45) is 0 Å². The summed E-state index contributed by atoms with van der Waals surface area (Å²) in [4.78, 5) is 0. The third-order valence-corrected chi connectivity index (χ3v) is 0.289. The Kier molecular flexibility index (Phi) is 12.7. The zero-order valence-corrected chi connectivity index (χ0v) is 6.20. The summed E-state index contributed by atoms with van der Waals surface area (Å²) in [5.74, 6) is 0. The molecule has 0 atom stereocenters. The molecule has 0 saturated carbocycles. The fourth-order valence-corrected chi connectivity index (χ4v) is 0. The van der Waals surface area contributed by atoms with Gasteiger partial charge in [-0.05, 0) is 20.3 Å². The number of hydrogen-bond donors (Lipinski definition) is 0. The van der Waals surface area contributed by atoms with Gasteiger partial charge >= 0.3 is 0 Å². The van der Waals surface area contributed by atoms with E-state index in [-0.39, 0.29) is 0 Å². The number of rotatable bonds is 1. The zero-order valence-electron chi connectivity index (χ0n) is 6.20. The predicted molar refractivity (Wildman–Crippen MR) is 41.0 cm³/mol. The maximum absolute atomic E-state index is 3.56. The third kappa shape index (κ3) is 477. The van der Waals surface area contributed by atoms with Gasteiger partial charge < -0.3 is 0 Å². The van der Waals surface area contributed by atoms with E-state index in [0.717, 1.165) is 6.42 Å². The van der Waals surface area contributed by atoms with Crippen molar-refractivity contribution in [3.63, 3.8) is 0 Å². The maximum Gasteiger partial charge on any atom is -0.0382 e. The van der Waals surface area contributed by atoms with Crippen LogP contribution >= 0.6 is 0 Å². The van der Waals surface area contributed by atoms with Crippen molar-refractivity contribution in [3.8, 4) is 0 Å². The van der Waals surface area contributed by atoms with E-state index in [1.165, 1.54) is 5.57 Å². The average Bonchev–Trinajstić information content (AvgIpc) is 1.65. The summed E-state index contributed by atoms with van der Waals surface area (Å²) < 4.78 is 0. The highest BCUT2D eigenvalue weighted by molar-refractivity contribution is 4.78. The topological polar surface area (TPSA) is 0 Å². The van der Waals surface area contributed by atoms with Crippen LogP contribution in [0.5, 0.6) is 0 Å². The van der Waals surface area contributed by atoms with Crippen molar-refractivity contribution >= 4 is 0 Å². The second kappa shape index (κ2) is 9.70. The Hall–Kier alpha value is -0.520. The van der Waals surface area contributed by atoms with Crippen LogP contribution < -0.4 is 0 Å². The Morgan fingerprint density at radius 3 is 1.62 bits per heavy atom. The van der Waals surface area contributed by atoms with Crippen LogP contribution in [0.3, 0.4) is 0 Å². The van der Waals surface area contributed by atoms with Gasteiger partial charge in [-0.15, -0.1) is 13.2 Å². The Balaban J connectivity index is 0. The van der Waals surface area contributed by atoms with E-state index in [2.05, 4.69) is 20.1 Å². The lowest BCUT2D eigenvalue weighted by Crippen LogP contribution is -1.43. The van der Waals surface area contributed by atoms with E-state index >= 15 is 0 Å². The summed E-state index contributed by atoms with van der Waals surface area (Å²) in [6, 6.07) is 0. The average molecular weight is 112 g/mol. The van der Waals surface area contributed by atoms with E-state index in [1.54, 1.807) is 0 Å². The smallest absolute Gasteiger partial charge is 0.0382 e. The van der Waals surface area contributed by atoms with Gasteiger partial charge in [0.1, 0.15) is 0 Å². The largest absolute Gasteiger partial charge is 0.103 e. The Bertz CT molecular complexity index is 56.4. The van der Waals surface area contributed by atoms with Gasteiger partial charge in [-0.2, -0.15) is 0 Å². The molecule has 0 aromatic rings. The number of hydrogen-bond acceptors (Lipinski definition) is 0. The molecule has 0 unspecified atom stereocenters. The third-order valence-electron chi connectivity index (χ3n) is 0.289. The van der Waals surface area contributed by atoms with Crippen molar-refractivity contribution < 1.29 is 0 Å². The van der Waals surface area contributed by atoms with Crippen LogP contribution in [0.4, 0.5) is 0 Å². The molecule has 0 heteroatoms. The van der Waals surface area contributed by atoms with Crippen LogP contribution in [0.25, 0.3) is 0 Å². The van der Waals surface area contributed by atoms with Gasteiger partial charge in [-0.3, -0.25) is 0 Å². The van der Waals surface area contributed by atoms with E-state index in [4.69, 9.17) is 0 Å². The van der Waals surface area contributed by atoms with Gasteiger partial charge in [-0.25, -0.2) is 0 Å². The summed E-state index contributed by atoms with van der Waals surface area (Å²) in [5, 5.41) is 0. The molecule has 0 aliphatic rings. The molecule has 48 valence electrons. The van der Waals surface area contributed by atoms with Crippen molar-refractivity contribution in [3.05, 3.63) is 24.8 Å². The molecule has 0 heterocycles. The van der Waals surface area contributed by atoms with E-state index in [0.29, 0.717) is 0 Å². The lowest BCUT2D eigenvalue weighted by atomic mass is 10.4. The first kappa shape index (κ1) is 10.5. The van der Waals surface area contributed by atoms with E-state index in [9.17, 15) is 0 Å². The summed E-state index contributed by atoms with van der Waals surface area (Å²) in [6.45, 7) is 13.0. The van der Waals surface area contributed by atoms with Crippen molar-refractivity contribution in [1.82, 2.24) is 0 Å². The molecule has 0 fully saturated rings. The molecule has 0 amide bonds. The predicted octanol–water partition coefficient (Wildman–Crippen LogP) is 3.16. The Morgan fingerprint density at radius 2 is 1.62 bits per heavy atom. The number of allylic oxidation sites excluding steroid dienone is 2. The zero-order chi connectivity index (χ0) is 6.99.